The minimum absolute atomic E-state index is 0.641. The molecule has 10 aromatic rings. The maximum atomic E-state index is 9.40. The number of pyridine rings is 2. The van der Waals surface area contributed by atoms with Crippen molar-refractivity contribution in [3.05, 3.63) is 169 Å². The van der Waals surface area contributed by atoms with Crippen LogP contribution in [0.2, 0.25) is 0 Å². The Morgan fingerprint density at radius 2 is 1.08 bits per heavy atom. The van der Waals surface area contributed by atoms with Crippen molar-refractivity contribution in [3.63, 3.8) is 0 Å². The molecule has 3 aromatic heterocycles. The van der Waals surface area contributed by atoms with Gasteiger partial charge in [0.2, 0.25) is 0 Å². The Hall–Kier alpha value is -7.09. The minimum Gasteiger partial charge on any atom is -0.455 e. The summed E-state index contributed by atoms with van der Waals surface area (Å²) in [5, 5.41) is 15.8. The van der Waals surface area contributed by atoms with Crippen LogP contribution in [0.25, 0.3) is 99.3 Å². The summed E-state index contributed by atoms with van der Waals surface area (Å²) < 4.78 is 6.64. The van der Waals surface area contributed by atoms with E-state index in [1.54, 1.807) is 0 Å². The lowest BCUT2D eigenvalue weighted by molar-refractivity contribution is 0.673. The fraction of sp³-hybridized carbons (Fsp3) is 0. The number of fused-ring (bicyclic) bond motifs is 8. The van der Waals surface area contributed by atoms with Gasteiger partial charge < -0.3 is 4.42 Å². The number of nitriles is 1. The lowest BCUT2D eigenvalue weighted by Crippen LogP contribution is -1.91. The Bertz CT molecular complexity index is 3030. The molecule has 0 bridgehead atoms. The normalized spacial score (nSPS) is 11.5. The molecule has 0 N–H and O–H groups in total. The fourth-order valence-electron chi connectivity index (χ4n) is 7.40. The van der Waals surface area contributed by atoms with E-state index in [0.717, 1.165) is 99.3 Å². The number of nitrogens with zero attached hydrogens (tertiary/aromatic N) is 3. The Morgan fingerprint density at radius 1 is 0.451 bits per heavy atom. The maximum Gasteiger partial charge on any atom is 0.143 e. The van der Waals surface area contributed by atoms with Crippen molar-refractivity contribution in [2.24, 2.45) is 0 Å². The molecular formula is C47H27N3O. The molecule has 3 heterocycles. The average molecular weight is 650 g/mol. The summed E-state index contributed by atoms with van der Waals surface area (Å²) in [5.74, 6) is 0. The van der Waals surface area contributed by atoms with Gasteiger partial charge in [-0.3, -0.25) is 0 Å². The minimum atomic E-state index is 0.641. The van der Waals surface area contributed by atoms with E-state index in [4.69, 9.17) is 14.4 Å². The Balaban J connectivity index is 1.14. The second-order valence-corrected chi connectivity index (χ2v) is 12.9. The number of aromatic nitrogens is 2. The average Bonchev–Trinajstić information content (AvgIpc) is 3.60. The predicted octanol–water partition coefficient (Wildman–Crippen LogP) is 12.4. The number of hydrogen-bond donors (Lipinski definition) is 0. The van der Waals surface area contributed by atoms with Crippen LogP contribution in [-0.2, 0) is 0 Å². The predicted molar refractivity (Wildman–Crippen MR) is 208 cm³/mol. The van der Waals surface area contributed by atoms with Crippen molar-refractivity contribution < 1.29 is 4.42 Å². The molecule has 0 aliphatic carbocycles. The van der Waals surface area contributed by atoms with Gasteiger partial charge in [-0.1, -0.05) is 121 Å². The molecule has 7 aromatic carbocycles. The van der Waals surface area contributed by atoms with E-state index >= 15 is 0 Å². The molecule has 0 fully saturated rings. The number of rotatable bonds is 4. The van der Waals surface area contributed by atoms with Crippen LogP contribution >= 0.6 is 0 Å². The molecule has 236 valence electrons. The number of furan rings is 1. The molecule has 0 atom stereocenters. The topological polar surface area (TPSA) is 62.7 Å². The highest BCUT2D eigenvalue weighted by atomic mass is 16.3. The molecule has 0 aliphatic heterocycles. The summed E-state index contributed by atoms with van der Waals surface area (Å²) >= 11 is 0. The Kier molecular flexibility index (Phi) is 6.52. The molecule has 4 nitrogen and oxygen atoms in total. The van der Waals surface area contributed by atoms with Crippen molar-refractivity contribution in [3.8, 4) is 50.8 Å². The number of benzene rings is 7. The van der Waals surface area contributed by atoms with Gasteiger partial charge in [-0.2, -0.15) is 5.26 Å². The van der Waals surface area contributed by atoms with Crippen LogP contribution < -0.4 is 0 Å². The van der Waals surface area contributed by atoms with Crippen molar-refractivity contribution in [1.29, 1.82) is 5.26 Å². The summed E-state index contributed by atoms with van der Waals surface area (Å²) in [5.41, 5.74) is 12.4. The van der Waals surface area contributed by atoms with Gasteiger partial charge in [0.25, 0.3) is 0 Å². The zero-order valence-electron chi connectivity index (χ0n) is 27.3. The van der Waals surface area contributed by atoms with E-state index in [1.165, 1.54) is 0 Å². The summed E-state index contributed by atoms with van der Waals surface area (Å²) in [6.07, 6.45) is 0. The second-order valence-electron chi connectivity index (χ2n) is 12.9. The third-order valence-corrected chi connectivity index (χ3v) is 9.89. The highest BCUT2D eigenvalue weighted by Gasteiger charge is 2.18. The van der Waals surface area contributed by atoms with E-state index in [2.05, 4.69) is 121 Å². The van der Waals surface area contributed by atoms with Crippen LogP contribution in [0.1, 0.15) is 5.56 Å². The van der Waals surface area contributed by atoms with Crippen LogP contribution in [-0.4, -0.2) is 9.97 Å². The van der Waals surface area contributed by atoms with Crippen molar-refractivity contribution >= 4 is 54.5 Å². The molecule has 0 spiro atoms. The van der Waals surface area contributed by atoms with E-state index in [9.17, 15) is 5.26 Å². The molecule has 0 amide bonds. The van der Waals surface area contributed by atoms with E-state index in [0.29, 0.717) is 5.56 Å². The van der Waals surface area contributed by atoms with Crippen molar-refractivity contribution in [2.75, 3.05) is 0 Å². The van der Waals surface area contributed by atoms with Crippen molar-refractivity contribution in [1.82, 2.24) is 9.97 Å². The first-order valence-electron chi connectivity index (χ1n) is 17.0. The van der Waals surface area contributed by atoms with Gasteiger partial charge in [0.1, 0.15) is 11.2 Å². The first-order chi connectivity index (χ1) is 25.2. The lowest BCUT2D eigenvalue weighted by atomic mass is 9.92. The quantitative estimate of drug-likeness (QED) is 0.178. The second kappa shape index (κ2) is 11.5. The molecule has 0 saturated carbocycles. The Labute approximate surface area is 293 Å². The van der Waals surface area contributed by atoms with Gasteiger partial charge >= 0.3 is 0 Å². The zero-order valence-corrected chi connectivity index (χ0v) is 27.3. The Morgan fingerprint density at radius 3 is 1.82 bits per heavy atom. The van der Waals surface area contributed by atoms with Gasteiger partial charge in [-0.15, -0.1) is 0 Å². The molecule has 0 radical (unpaired) electrons. The molecular weight excluding hydrogens is 623 g/mol. The fourth-order valence-corrected chi connectivity index (χ4v) is 7.40. The van der Waals surface area contributed by atoms with E-state index < -0.39 is 0 Å². The van der Waals surface area contributed by atoms with Crippen LogP contribution in [0.15, 0.2) is 168 Å². The standard InChI is InChI=1S/C47H27N3O/c48-28-29-16-18-30(19-17-29)39-27-40-44-36(14-7-15-43(44)51-47(40)38-13-5-4-12-37(38)39)34-10-6-11-35(26-34)42-25-23-33-21-20-32-22-24-41(31-8-2-1-3-9-31)49-45(32)46(33)50-42/h1-27H. The maximum absolute atomic E-state index is 9.40. The highest BCUT2D eigenvalue weighted by molar-refractivity contribution is 6.22. The summed E-state index contributed by atoms with van der Waals surface area (Å²) in [6.45, 7) is 0. The van der Waals surface area contributed by atoms with E-state index in [1.807, 2.05) is 48.5 Å². The smallest absolute Gasteiger partial charge is 0.143 e. The van der Waals surface area contributed by atoms with Crippen LogP contribution in [0.4, 0.5) is 0 Å². The van der Waals surface area contributed by atoms with Crippen molar-refractivity contribution in [2.45, 2.75) is 0 Å². The van der Waals surface area contributed by atoms with Crippen LogP contribution in [0.5, 0.6) is 0 Å². The molecule has 4 heteroatoms. The number of hydrogen-bond acceptors (Lipinski definition) is 4. The summed E-state index contributed by atoms with van der Waals surface area (Å²) in [7, 11) is 0. The zero-order chi connectivity index (χ0) is 33.9. The first-order valence-corrected chi connectivity index (χ1v) is 17.0. The van der Waals surface area contributed by atoms with Crippen LogP contribution in [0.3, 0.4) is 0 Å². The first kappa shape index (κ1) is 28.9. The SMILES string of the molecule is N#Cc1ccc(-c2cc3c(oc4cccc(-c5cccc(-c6ccc7ccc8ccc(-c9ccccc9)nc8c7n6)c5)c43)c3ccccc23)cc1. The van der Waals surface area contributed by atoms with Gasteiger partial charge in [0.15, 0.2) is 0 Å². The summed E-state index contributed by atoms with van der Waals surface area (Å²) in [4.78, 5) is 10.3. The van der Waals surface area contributed by atoms with Crippen LogP contribution in [0, 0.1) is 11.3 Å². The van der Waals surface area contributed by atoms with Gasteiger partial charge in [0, 0.05) is 38.1 Å². The molecule has 10 rings (SSSR count). The van der Waals surface area contributed by atoms with E-state index in [-0.39, 0.29) is 0 Å². The van der Waals surface area contributed by atoms with Gasteiger partial charge in [-0.25, -0.2) is 9.97 Å². The van der Waals surface area contributed by atoms with Gasteiger partial charge in [0.05, 0.1) is 34.1 Å². The molecule has 0 unspecified atom stereocenters. The molecule has 0 aliphatic rings. The lowest BCUT2D eigenvalue weighted by Gasteiger charge is -2.10. The van der Waals surface area contributed by atoms with Gasteiger partial charge in [-0.05, 0) is 70.1 Å². The monoisotopic (exact) mass is 649 g/mol. The third kappa shape index (κ3) is 4.75. The highest BCUT2D eigenvalue weighted by Crippen LogP contribution is 2.43. The third-order valence-electron chi connectivity index (χ3n) is 9.89. The largest absolute Gasteiger partial charge is 0.455 e. The molecule has 51 heavy (non-hydrogen) atoms. The summed E-state index contributed by atoms with van der Waals surface area (Å²) in [6, 6.07) is 58.5. The molecule has 0 saturated heterocycles.